The second kappa shape index (κ2) is 3.55. The van der Waals surface area contributed by atoms with Crippen molar-refractivity contribution in [1.29, 1.82) is 0 Å². The number of hydrogen-bond acceptors (Lipinski definition) is 2. The van der Waals surface area contributed by atoms with Crippen LogP contribution < -0.4 is 0 Å². The fourth-order valence-corrected chi connectivity index (χ4v) is 1.96. The molecular formula is C9H18O2. The Balaban J connectivity index is 2.37. The fraction of sp³-hybridized carbons (Fsp3) is 1.00. The Labute approximate surface area is 68.6 Å². The second-order valence-electron chi connectivity index (χ2n) is 3.67. The van der Waals surface area contributed by atoms with E-state index >= 15 is 0 Å². The van der Waals surface area contributed by atoms with E-state index in [1.165, 1.54) is 6.42 Å². The molecule has 2 unspecified atom stereocenters. The highest BCUT2D eigenvalue weighted by Gasteiger charge is 2.36. The highest BCUT2D eigenvalue weighted by Crippen LogP contribution is 2.36. The van der Waals surface area contributed by atoms with Crippen LogP contribution in [0.4, 0.5) is 0 Å². The maximum absolute atomic E-state index is 9.87. The van der Waals surface area contributed by atoms with Gasteiger partial charge in [0.1, 0.15) is 0 Å². The molecule has 0 spiro atoms. The molecule has 1 aliphatic rings. The average molecular weight is 158 g/mol. The third-order valence-corrected chi connectivity index (χ3v) is 2.68. The zero-order valence-electron chi connectivity index (χ0n) is 7.47. The number of aliphatic hydroxyl groups is 1. The lowest BCUT2D eigenvalue weighted by Gasteiger charge is -2.21. The van der Waals surface area contributed by atoms with Crippen molar-refractivity contribution in [3.05, 3.63) is 0 Å². The quantitative estimate of drug-likeness (QED) is 0.675. The molecule has 1 N–H and O–H groups in total. The molecule has 1 aliphatic carbocycles. The number of methoxy groups -OCH3 is 1. The van der Waals surface area contributed by atoms with Crippen LogP contribution in [0.1, 0.15) is 32.6 Å². The van der Waals surface area contributed by atoms with Gasteiger partial charge in [0.25, 0.3) is 0 Å². The van der Waals surface area contributed by atoms with Crippen molar-refractivity contribution in [2.75, 3.05) is 13.7 Å². The maximum Gasteiger partial charge on any atom is 0.0882 e. The summed E-state index contributed by atoms with van der Waals surface area (Å²) in [6.07, 6.45) is 4.19. The van der Waals surface area contributed by atoms with Crippen LogP contribution in [0.3, 0.4) is 0 Å². The summed E-state index contributed by atoms with van der Waals surface area (Å²) in [7, 11) is 1.65. The lowest BCUT2D eigenvalue weighted by molar-refractivity contribution is -0.0282. The third kappa shape index (κ3) is 2.17. The van der Waals surface area contributed by atoms with Crippen LogP contribution in [-0.2, 0) is 4.74 Å². The van der Waals surface area contributed by atoms with Gasteiger partial charge in [-0.2, -0.15) is 0 Å². The van der Waals surface area contributed by atoms with E-state index in [1.807, 2.05) is 0 Å². The molecule has 1 fully saturated rings. The van der Waals surface area contributed by atoms with Crippen LogP contribution >= 0.6 is 0 Å². The highest BCUT2D eigenvalue weighted by atomic mass is 16.5. The first-order valence-electron chi connectivity index (χ1n) is 4.41. The molecule has 0 aliphatic heterocycles. The van der Waals surface area contributed by atoms with E-state index in [4.69, 9.17) is 4.74 Å². The zero-order valence-corrected chi connectivity index (χ0v) is 7.47. The van der Waals surface area contributed by atoms with E-state index in [-0.39, 0.29) is 0 Å². The summed E-state index contributed by atoms with van der Waals surface area (Å²) in [6.45, 7) is 2.69. The highest BCUT2D eigenvalue weighted by molar-refractivity contribution is 4.88. The van der Waals surface area contributed by atoms with Crippen LogP contribution in [0.5, 0.6) is 0 Å². The lowest BCUT2D eigenvalue weighted by atomic mass is 10.00. The predicted octanol–water partition coefficient (Wildman–Crippen LogP) is 1.57. The van der Waals surface area contributed by atoms with Crippen molar-refractivity contribution >= 4 is 0 Å². The van der Waals surface area contributed by atoms with Gasteiger partial charge in [-0.15, -0.1) is 0 Å². The summed E-state index contributed by atoms with van der Waals surface area (Å²) in [5.41, 5.74) is -0.505. The normalized spacial score (nSPS) is 37.9. The van der Waals surface area contributed by atoms with Crippen molar-refractivity contribution in [2.45, 2.75) is 38.2 Å². The first kappa shape index (κ1) is 9.01. The Morgan fingerprint density at radius 2 is 2.36 bits per heavy atom. The van der Waals surface area contributed by atoms with Gasteiger partial charge in [0.2, 0.25) is 0 Å². The van der Waals surface area contributed by atoms with Crippen LogP contribution in [-0.4, -0.2) is 24.4 Å². The van der Waals surface area contributed by atoms with E-state index in [0.29, 0.717) is 6.61 Å². The molecule has 1 rings (SSSR count). The number of ether oxygens (including phenoxy) is 1. The smallest absolute Gasteiger partial charge is 0.0882 e. The van der Waals surface area contributed by atoms with Gasteiger partial charge in [-0.1, -0.05) is 13.3 Å². The summed E-state index contributed by atoms with van der Waals surface area (Å²) in [5.74, 6) is 0.718. The molecule has 0 aromatic heterocycles. The van der Waals surface area contributed by atoms with E-state index in [0.717, 1.165) is 25.2 Å². The van der Waals surface area contributed by atoms with Crippen molar-refractivity contribution in [2.24, 2.45) is 5.92 Å². The molecule has 0 bridgehead atoms. The molecule has 0 amide bonds. The van der Waals surface area contributed by atoms with E-state index < -0.39 is 5.60 Å². The molecule has 11 heavy (non-hydrogen) atoms. The Hall–Kier alpha value is -0.0800. The minimum Gasteiger partial charge on any atom is -0.387 e. The van der Waals surface area contributed by atoms with Crippen LogP contribution in [0.2, 0.25) is 0 Å². The predicted molar refractivity (Wildman–Crippen MR) is 44.5 cm³/mol. The molecule has 0 aromatic carbocycles. The minimum absolute atomic E-state index is 0.503. The topological polar surface area (TPSA) is 29.5 Å². The average Bonchev–Trinajstić information content (AvgIpc) is 2.33. The van der Waals surface area contributed by atoms with Gasteiger partial charge in [0, 0.05) is 7.11 Å². The van der Waals surface area contributed by atoms with Gasteiger partial charge >= 0.3 is 0 Å². The largest absolute Gasteiger partial charge is 0.387 e. The molecule has 0 saturated heterocycles. The molecule has 2 atom stereocenters. The van der Waals surface area contributed by atoms with Gasteiger partial charge in [-0.25, -0.2) is 0 Å². The van der Waals surface area contributed by atoms with Gasteiger partial charge in [0.05, 0.1) is 12.2 Å². The summed E-state index contributed by atoms with van der Waals surface area (Å²) in [4.78, 5) is 0. The summed E-state index contributed by atoms with van der Waals surface area (Å²) in [5, 5.41) is 9.87. The molecule has 2 heteroatoms. The Kier molecular flexibility index (Phi) is 2.90. The van der Waals surface area contributed by atoms with E-state index in [2.05, 4.69) is 6.92 Å². The van der Waals surface area contributed by atoms with Crippen molar-refractivity contribution < 1.29 is 9.84 Å². The summed E-state index contributed by atoms with van der Waals surface area (Å²) < 4.78 is 4.97. The van der Waals surface area contributed by atoms with Crippen molar-refractivity contribution in [1.82, 2.24) is 0 Å². The summed E-state index contributed by atoms with van der Waals surface area (Å²) in [6, 6.07) is 0. The number of hydrogen-bond donors (Lipinski definition) is 1. The monoisotopic (exact) mass is 158 g/mol. The Morgan fingerprint density at radius 3 is 2.82 bits per heavy atom. The lowest BCUT2D eigenvalue weighted by Crippen LogP contribution is -2.30. The Morgan fingerprint density at radius 1 is 1.64 bits per heavy atom. The van der Waals surface area contributed by atoms with Gasteiger partial charge in [0.15, 0.2) is 0 Å². The van der Waals surface area contributed by atoms with E-state index in [1.54, 1.807) is 7.11 Å². The molecular weight excluding hydrogens is 140 g/mol. The second-order valence-corrected chi connectivity index (χ2v) is 3.67. The standard InChI is InChI=1S/C9H18O2/c1-3-8-4-5-9(10,6-8)7-11-2/h8,10H,3-7H2,1-2H3. The third-order valence-electron chi connectivity index (χ3n) is 2.68. The maximum atomic E-state index is 9.87. The van der Waals surface area contributed by atoms with Crippen LogP contribution in [0.15, 0.2) is 0 Å². The number of rotatable bonds is 3. The van der Waals surface area contributed by atoms with Crippen LogP contribution in [0.25, 0.3) is 0 Å². The minimum atomic E-state index is -0.505. The molecule has 0 radical (unpaired) electrons. The first-order valence-corrected chi connectivity index (χ1v) is 4.41. The van der Waals surface area contributed by atoms with E-state index in [9.17, 15) is 5.11 Å². The summed E-state index contributed by atoms with van der Waals surface area (Å²) >= 11 is 0. The molecule has 2 nitrogen and oxygen atoms in total. The Bertz CT molecular complexity index is 125. The molecule has 1 saturated carbocycles. The first-order chi connectivity index (χ1) is 5.20. The SMILES string of the molecule is CCC1CCC(O)(COC)C1. The van der Waals surface area contributed by atoms with Gasteiger partial charge in [-0.05, 0) is 25.2 Å². The van der Waals surface area contributed by atoms with Gasteiger partial charge < -0.3 is 9.84 Å². The van der Waals surface area contributed by atoms with Crippen molar-refractivity contribution in [3.63, 3.8) is 0 Å². The fourth-order valence-electron chi connectivity index (χ4n) is 1.96. The molecule has 66 valence electrons. The van der Waals surface area contributed by atoms with Gasteiger partial charge in [-0.3, -0.25) is 0 Å². The van der Waals surface area contributed by atoms with Crippen LogP contribution in [0, 0.1) is 5.92 Å². The molecule has 0 heterocycles. The molecule has 0 aromatic rings. The van der Waals surface area contributed by atoms with Crippen molar-refractivity contribution in [3.8, 4) is 0 Å². The zero-order chi connectivity index (χ0) is 8.32.